The Hall–Kier alpha value is -2.41. The lowest BCUT2D eigenvalue weighted by Gasteiger charge is -2.09. The first kappa shape index (κ1) is 14.7. The highest BCUT2D eigenvalue weighted by molar-refractivity contribution is 5.94. The maximum atomic E-state index is 11.9. The number of nitrogens with one attached hydrogen (secondary N) is 2. The van der Waals surface area contributed by atoms with Crippen LogP contribution in [0.2, 0.25) is 0 Å². The van der Waals surface area contributed by atoms with Crippen LogP contribution in [0.4, 0.5) is 32.3 Å². The first-order valence-electron chi connectivity index (χ1n) is 4.06. The summed E-state index contributed by atoms with van der Waals surface area (Å²) in [5, 5.41) is 9.30. The smallest absolute Gasteiger partial charge is 0.284 e. The zero-order valence-corrected chi connectivity index (χ0v) is 8.37. The molecular weight excluding hydrogens is 290 g/mol. The van der Waals surface area contributed by atoms with E-state index in [1.165, 1.54) is 0 Å². The van der Waals surface area contributed by atoms with Gasteiger partial charge in [0.05, 0.1) is 0 Å². The number of rotatable bonds is 2. The van der Waals surface area contributed by atoms with Crippen LogP contribution >= 0.6 is 0 Å². The predicted octanol–water partition coefficient (Wildman–Crippen LogP) is -0.194. The van der Waals surface area contributed by atoms with Gasteiger partial charge < -0.3 is 0 Å². The number of amides is 2. The molecule has 19 heavy (non-hydrogen) atoms. The molecule has 0 unspecified atom stereocenters. The van der Waals surface area contributed by atoms with Crippen LogP contribution in [0.1, 0.15) is 0 Å². The maximum Gasteiger partial charge on any atom is 0.473 e. The highest BCUT2D eigenvalue weighted by atomic mass is 19.4. The minimum absolute atomic E-state index is 0.167. The van der Waals surface area contributed by atoms with E-state index in [-0.39, 0.29) is 4.79 Å². The number of hydrogen-bond acceptors (Lipinski definition) is 5. The van der Waals surface area contributed by atoms with Gasteiger partial charge in [0.25, 0.3) is 5.95 Å². The summed E-state index contributed by atoms with van der Waals surface area (Å²) in [6.07, 6.45) is -10.6. The van der Waals surface area contributed by atoms with Crippen LogP contribution in [0.5, 0.6) is 0 Å². The highest BCUT2D eigenvalue weighted by Crippen LogP contribution is 2.17. The molecule has 1 aromatic heterocycles. The number of alkyl halides is 6. The molecule has 0 radical (unpaired) electrons. The second kappa shape index (κ2) is 4.69. The van der Waals surface area contributed by atoms with E-state index in [2.05, 4.69) is 15.5 Å². The average molecular weight is 292 g/mol. The molecule has 0 aromatic carbocycles. The van der Waals surface area contributed by atoms with Crippen LogP contribution < -0.4 is 10.7 Å². The van der Waals surface area contributed by atoms with E-state index in [1.54, 1.807) is 0 Å². The molecule has 0 fully saturated rings. The Morgan fingerprint density at radius 1 is 1.00 bits per heavy atom. The third kappa shape index (κ3) is 3.78. The zero-order valence-electron chi connectivity index (χ0n) is 8.37. The molecular formula is C5H2F6N6O2. The molecule has 14 heteroatoms. The Kier molecular flexibility index (Phi) is 3.62. The SMILES string of the molecule is O=C(Nc1nnnn1NC(=O)C(F)(F)F)C(F)(F)F. The number of hydrogen-bond donors (Lipinski definition) is 2. The lowest BCUT2D eigenvalue weighted by molar-refractivity contribution is -0.168. The van der Waals surface area contributed by atoms with Gasteiger partial charge in [-0.05, 0) is 10.4 Å². The van der Waals surface area contributed by atoms with Gasteiger partial charge in [-0.15, -0.1) is 4.79 Å². The van der Waals surface area contributed by atoms with Crippen molar-refractivity contribution in [1.82, 2.24) is 20.3 Å². The number of carbonyl (C=O) groups is 2. The van der Waals surface area contributed by atoms with E-state index in [0.717, 1.165) is 10.7 Å². The fraction of sp³-hybridized carbons (Fsp3) is 0.400. The summed E-state index contributed by atoms with van der Waals surface area (Å²) in [4.78, 5) is 20.8. The number of carbonyl (C=O) groups excluding carboxylic acids is 2. The third-order valence-electron chi connectivity index (χ3n) is 1.42. The van der Waals surface area contributed by atoms with Crippen LogP contribution in [0, 0.1) is 0 Å². The van der Waals surface area contributed by atoms with Gasteiger partial charge in [-0.25, -0.2) is 5.43 Å². The molecule has 8 nitrogen and oxygen atoms in total. The van der Waals surface area contributed by atoms with Crippen LogP contribution in [-0.2, 0) is 9.59 Å². The second-order valence-corrected chi connectivity index (χ2v) is 2.80. The van der Waals surface area contributed by atoms with E-state index in [1.807, 2.05) is 0 Å². The summed E-state index contributed by atoms with van der Waals surface area (Å²) < 4.78 is 71.2. The van der Waals surface area contributed by atoms with E-state index in [4.69, 9.17) is 0 Å². The van der Waals surface area contributed by atoms with Crippen molar-refractivity contribution in [3.8, 4) is 0 Å². The van der Waals surface area contributed by atoms with Gasteiger partial charge in [-0.3, -0.25) is 14.9 Å². The van der Waals surface area contributed by atoms with Gasteiger partial charge in [-0.1, -0.05) is 5.10 Å². The summed E-state index contributed by atoms with van der Waals surface area (Å²) in [5.41, 5.74) is 1.02. The summed E-state index contributed by atoms with van der Waals surface area (Å²) in [5.74, 6) is -6.20. The molecule has 0 bridgehead atoms. The van der Waals surface area contributed by atoms with E-state index in [9.17, 15) is 35.9 Å². The van der Waals surface area contributed by atoms with Gasteiger partial charge in [0.2, 0.25) is 0 Å². The van der Waals surface area contributed by atoms with Crippen molar-refractivity contribution in [1.29, 1.82) is 0 Å². The van der Waals surface area contributed by atoms with Crippen molar-refractivity contribution < 1.29 is 35.9 Å². The van der Waals surface area contributed by atoms with Gasteiger partial charge in [0.15, 0.2) is 0 Å². The van der Waals surface area contributed by atoms with Crippen molar-refractivity contribution >= 4 is 17.8 Å². The maximum absolute atomic E-state index is 11.9. The molecule has 1 rings (SSSR count). The van der Waals surface area contributed by atoms with Gasteiger partial charge in [0.1, 0.15) is 0 Å². The zero-order chi connectivity index (χ0) is 14.8. The van der Waals surface area contributed by atoms with E-state index >= 15 is 0 Å². The van der Waals surface area contributed by atoms with E-state index in [0.29, 0.717) is 0 Å². The molecule has 2 amide bonds. The molecule has 0 aliphatic heterocycles. The molecule has 1 aromatic rings. The molecule has 0 aliphatic rings. The minimum Gasteiger partial charge on any atom is -0.284 e. The molecule has 1 heterocycles. The normalized spacial score (nSPS) is 12.1. The Labute approximate surface area is 98.3 Å². The molecule has 0 spiro atoms. The van der Waals surface area contributed by atoms with Gasteiger partial charge in [-0.2, -0.15) is 26.3 Å². The van der Waals surface area contributed by atoms with Crippen LogP contribution in [0.25, 0.3) is 0 Å². The highest BCUT2D eigenvalue weighted by Gasteiger charge is 2.41. The van der Waals surface area contributed by atoms with Crippen LogP contribution in [-0.4, -0.2) is 44.5 Å². The molecule has 0 saturated heterocycles. The Morgan fingerprint density at radius 2 is 1.53 bits per heavy atom. The van der Waals surface area contributed by atoms with Gasteiger partial charge >= 0.3 is 24.2 Å². The molecule has 0 saturated carbocycles. The van der Waals surface area contributed by atoms with Crippen molar-refractivity contribution in [3.63, 3.8) is 0 Å². The number of anilines is 1. The van der Waals surface area contributed by atoms with Crippen LogP contribution in [0.3, 0.4) is 0 Å². The van der Waals surface area contributed by atoms with Crippen molar-refractivity contribution in [2.45, 2.75) is 12.4 Å². The first-order chi connectivity index (χ1) is 8.51. The lowest BCUT2D eigenvalue weighted by atomic mass is 10.6. The van der Waals surface area contributed by atoms with Crippen molar-refractivity contribution in [3.05, 3.63) is 0 Å². The number of tetrazole rings is 1. The number of halogens is 6. The largest absolute Gasteiger partial charge is 0.473 e. The summed E-state index contributed by atoms with van der Waals surface area (Å²) in [6, 6.07) is 0. The van der Waals surface area contributed by atoms with Gasteiger partial charge in [0, 0.05) is 0 Å². The molecule has 0 atom stereocenters. The minimum atomic E-state index is -5.31. The first-order valence-corrected chi connectivity index (χ1v) is 4.06. The summed E-state index contributed by atoms with van der Waals surface area (Å²) >= 11 is 0. The third-order valence-corrected chi connectivity index (χ3v) is 1.42. The Bertz CT molecular complexity index is 449. The average Bonchev–Trinajstić information content (AvgIpc) is 2.62. The van der Waals surface area contributed by atoms with E-state index < -0.39 is 30.1 Å². The summed E-state index contributed by atoms with van der Waals surface area (Å²) in [6.45, 7) is 0. The second-order valence-electron chi connectivity index (χ2n) is 2.80. The molecule has 106 valence electrons. The fourth-order valence-corrected chi connectivity index (χ4v) is 0.672. The van der Waals surface area contributed by atoms with Crippen molar-refractivity contribution in [2.75, 3.05) is 10.7 Å². The molecule has 0 aliphatic carbocycles. The van der Waals surface area contributed by atoms with Crippen molar-refractivity contribution in [2.24, 2.45) is 0 Å². The summed E-state index contributed by atoms with van der Waals surface area (Å²) in [7, 11) is 0. The standard InChI is InChI=1S/C5H2F6N6O2/c6-4(7,8)1(18)12-3-13-15-16-17(3)14-2(19)5(9,10)11/h(H,14,19)(H,12,13,16,18). The molecule has 2 N–H and O–H groups in total. The quantitative estimate of drug-likeness (QED) is 0.735. The Balaban J connectivity index is 2.82. The monoisotopic (exact) mass is 292 g/mol. The number of aromatic nitrogens is 4. The predicted molar refractivity (Wildman–Crippen MR) is 42.9 cm³/mol. The topological polar surface area (TPSA) is 102 Å². The Morgan fingerprint density at radius 3 is 2.00 bits per heavy atom. The van der Waals surface area contributed by atoms with Crippen LogP contribution in [0.15, 0.2) is 0 Å². The number of nitrogens with zero attached hydrogens (tertiary/aromatic N) is 4. The lowest BCUT2D eigenvalue weighted by Crippen LogP contribution is -2.38. The fourth-order valence-electron chi connectivity index (χ4n) is 0.672.